The van der Waals surface area contributed by atoms with Crippen LogP contribution in [0.3, 0.4) is 0 Å². The van der Waals surface area contributed by atoms with E-state index < -0.39 is 23.5 Å². The van der Waals surface area contributed by atoms with Gasteiger partial charge in [0.05, 0.1) is 11.6 Å². The van der Waals surface area contributed by atoms with Crippen molar-refractivity contribution in [3.63, 3.8) is 0 Å². The first kappa shape index (κ1) is 20.1. The van der Waals surface area contributed by atoms with Crippen molar-refractivity contribution in [3.05, 3.63) is 105 Å². The second-order valence-corrected chi connectivity index (χ2v) is 7.58. The summed E-state index contributed by atoms with van der Waals surface area (Å²) in [5.74, 6) is -2.48. The highest BCUT2D eigenvalue weighted by Gasteiger charge is 2.46. The van der Waals surface area contributed by atoms with E-state index in [-0.39, 0.29) is 11.3 Å². The SMILES string of the molecule is O=C1C(=O)N(c2ccc(Cl)cc2)C(c2ccc(F)cc2)/C1=C(/O)c1cccc(Cl)c1. The molecule has 0 aliphatic carbocycles. The van der Waals surface area contributed by atoms with Gasteiger partial charge >= 0.3 is 0 Å². The van der Waals surface area contributed by atoms with Gasteiger partial charge in [0.25, 0.3) is 11.7 Å². The minimum Gasteiger partial charge on any atom is -0.507 e. The van der Waals surface area contributed by atoms with Crippen molar-refractivity contribution in [1.82, 2.24) is 0 Å². The Balaban J connectivity index is 1.95. The van der Waals surface area contributed by atoms with E-state index in [9.17, 15) is 19.1 Å². The number of carbonyl (C=O) groups excluding carboxylic acids is 2. The third-order valence-electron chi connectivity index (χ3n) is 4.83. The molecule has 0 spiro atoms. The van der Waals surface area contributed by atoms with Crippen LogP contribution >= 0.6 is 23.2 Å². The Morgan fingerprint density at radius 3 is 2.20 bits per heavy atom. The van der Waals surface area contributed by atoms with E-state index in [4.69, 9.17) is 23.2 Å². The topological polar surface area (TPSA) is 57.6 Å². The molecule has 4 rings (SSSR count). The molecule has 1 N–H and O–H groups in total. The van der Waals surface area contributed by atoms with Crippen molar-refractivity contribution in [2.75, 3.05) is 4.90 Å². The Hall–Kier alpha value is -3.15. The molecule has 1 fully saturated rings. The zero-order valence-corrected chi connectivity index (χ0v) is 16.9. The average Bonchev–Trinajstić information content (AvgIpc) is 3.00. The molecule has 30 heavy (non-hydrogen) atoms. The number of rotatable bonds is 3. The average molecular weight is 442 g/mol. The number of anilines is 1. The van der Waals surface area contributed by atoms with Crippen LogP contribution < -0.4 is 4.90 Å². The second kappa shape index (κ2) is 7.94. The zero-order chi connectivity index (χ0) is 21.4. The Kier molecular flexibility index (Phi) is 5.33. The molecule has 7 heteroatoms. The number of hydrogen-bond donors (Lipinski definition) is 1. The number of halogens is 3. The molecule has 3 aromatic carbocycles. The van der Waals surface area contributed by atoms with Gasteiger partial charge in [0, 0.05) is 21.3 Å². The van der Waals surface area contributed by atoms with E-state index in [1.54, 1.807) is 42.5 Å². The Bertz CT molecular complexity index is 1170. The van der Waals surface area contributed by atoms with Gasteiger partial charge in [0.15, 0.2) is 0 Å². The molecule has 1 heterocycles. The molecule has 1 atom stereocenters. The number of hydrogen-bond acceptors (Lipinski definition) is 3. The lowest BCUT2D eigenvalue weighted by Gasteiger charge is -2.25. The Labute approximate surface area is 181 Å². The van der Waals surface area contributed by atoms with Crippen LogP contribution in [-0.4, -0.2) is 16.8 Å². The van der Waals surface area contributed by atoms with Gasteiger partial charge in [-0.05, 0) is 54.1 Å². The van der Waals surface area contributed by atoms with Crippen molar-refractivity contribution in [1.29, 1.82) is 0 Å². The molecule has 3 aromatic rings. The van der Waals surface area contributed by atoms with Gasteiger partial charge in [0.2, 0.25) is 0 Å². The third kappa shape index (κ3) is 3.58. The maximum atomic E-state index is 13.5. The maximum Gasteiger partial charge on any atom is 0.300 e. The summed E-state index contributed by atoms with van der Waals surface area (Å²) in [6, 6.07) is 17.2. The van der Waals surface area contributed by atoms with E-state index in [1.165, 1.54) is 35.2 Å². The second-order valence-electron chi connectivity index (χ2n) is 6.71. The summed E-state index contributed by atoms with van der Waals surface area (Å²) in [5, 5.41) is 11.8. The molecular formula is C23H14Cl2FNO3. The monoisotopic (exact) mass is 441 g/mol. The lowest BCUT2D eigenvalue weighted by atomic mass is 9.95. The first-order valence-electron chi connectivity index (χ1n) is 8.95. The van der Waals surface area contributed by atoms with Gasteiger partial charge in [-0.2, -0.15) is 0 Å². The first-order valence-corrected chi connectivity index (χ1v) is 9.70. The normalized spacial score (nSPS) is 18.1. The van der Waals surface area contributed by atoms with Gasteiger partial charge < -0.3 is 5.11 Å². The summed E-state index contributed by atoms with van der Waals surface area (Å²) in [5.41, 5.74) is 1.07. The van der Waals surface area contributed by atoms with Gasteiger partial charge in [-0.25, -0.2) is 4.39 Å². The quantitative estimate of drug-likeness (QED) is 0.319. The van der Waals surface area contributed by atoms with Gasteiger partial charge in [-0.3, -0.25) is 14.5 Å². The van der Waals surface area contributed by atoms with Crippen molar-refractivity contribution < 1.29 is 19.1 Å². The number of nitrogens with zero attached hydrogens (tertiary/aromatic N) is 1. The summed E-state index contributed by atoms with van der Waals surface area (Å²) in [7, 11) is 0. The first-order chi connectivity index (χ1) is 14.4. The van der Waals surface area contributed by atoms with Crippen LogP contribution in [0.1, 0.15) is 17.2 Å². The van der Waals surface area contributed by atoms with Gasteiger partial charge in [-0.1, -0.05) is 47.5 Å². The number of amides is 1. The van der Waals surface area contributed by atoms with E-state index in [0.717, 1.165) is 0 Å². The molecule has 1 saturated heterocycles. The van der Waals surface area contributed by atoms with Crippen LogP contribution in [0, 0.1) is 5.82 Å². The van der Waals surface area contributed by atoms with Crippen LogP contribution in [0.2, 0.25) is 10.0 Å². The van der Waals surface area contributed by atoms with Crippen LogP contribution in [0.5, 0.6) is 0 Å². The van der Waals surface area contributed by atoms with Gasteiger partial charge in [0.1, 0.15) is 11.6 Å². The fourth-order valence-corrected chi connectivity index (χ4v) is 3.77. The molecule has 0 bridgehead atoms. The predicted molar refractivity (Wildman–Crippen MR) is 114 cm³/mol. The van der Waals surface area contributed by atoms with Gasteiger partial charge in [-0.15, -0.1) is 0 Å². The summed E-state index contributed by atoms with van der Waals surface area (Å²) < 4.78 is 13.5. The standard InChI is InChI=1S/C23H14Cl2FNO3/c24-15-6-10-18(11-7-15)27-20(13-4-8-17(26)9-5-13)19(22(29)23(27)30)21(28)14-2-1-3-16(25)12-14/h1-12,20,28H/b21-19-. The highest BCUT2D eigenvalue weighted by atomic mass is 35.5. The van der Waals surface area contributed by atoms with E-state index in [1.807, 2.05) is 0 Å². The van der Waals surface area contributed by atoms with Crippen LogP contribution in [0.15, 0.2) is 78.4 Å². The molecular weight excluding hydrogens is 428 g/mol. The predicted octanol–water partition coefficient (Wildman–Crippen LogP) is 5.76. The fourth-order valence-electron chi connectivity index (χ4n) is 3.45. The molecule has 150 valence electrons. The molecule has 0 radical (unpaired) electrons. The summed E-state index contributed by atoms with van der Waals surface area (Å²) in [6.07, 6.45) is 0. The fraction of sp³-hybridized carbons (Fsp3) is 0.0435. The van der Waals surface area contributed by atoms with Crippen LogP contribution in [0.25, 0.3) is 5.76 Å². The number of carbonyl (C=O) groups is 2. The maximum absolute atomic E-state index is 13.5. The van der Waals surface area contributed by atoms with Crippen molar-refractivity contribution in [3.8, 4) is 0 Å². The van der Waals surface area contributed by atoms with Crippen molar-refractivity contribution in [2.24, 2.45) is 0 Å². The minimum atomic E-state index is -0.953. The lowest BCUT2D eigenvalue weighted by Crippen LogP contribution is -2.29. The molecule has 1 unspecified atom stereocenters. The summed E-state index contributed by atoms with van der Waals surface area (Å²) >= 11 is 12.0. The van der Waals surface area contributed by atoms with E-state index in [2.05, 4.69) is 0 Å². The summed E-state index contributed by atoms with van der Waals surface area (Å²) in [6.45, 7) is 0. The van der Waals surface area contributed by atoms with Crippen molar-refractivity contribution in [2.45, 2.75) is 6.04 Å². The number of benzene rings is 3. The molecule has 0 aromatic heterocycles. The Morgan fingerprint density at radius 2 is 1.57 bits per heavy atom. The molecule has 1 aliphatic heterocycles. The molecule has 0 saturated carbocycles. The van der Waals surface area contributed by atoms with Crippen LogP contribution in [-0.2, 0) is 9.59 Å². The largest absolute Gasteiger partial charge is 0.507 e. The third-order valence-corrected chi connectivity index (χ3v) is 5.32. The van der Waals surface area contributed by atoms with Crippen LogP contribution in [0.4, 0.5) is 10.1 Å². The number of ketones is 1. The minimum absolute atomic E-state index is 0.108. The number of aliphatic hydroxyl groups is 1. The van der Waals surface area contributed by atoms with Crippen molar-refractivity contribution >= 4 is 46.3 Å². The molecule has 1 amide bonds. The Morgan fingerprint density at radius 1 is 0.900 bits per heavy atom. The highest BCUT2D eigenvalue weighted by Crippen LogP contribution is 2.42. The van der Waals surface area contributed by atoms with E-state index >= 15 is 0 Å². The smallest absolute Gasteiger partial charge is 0.300 e. The number of aliphatic hydroxyl groups excluding tert-OH is 1. The molecule has 1 aliphatic rings. The molecule has 4 nitrogen and oxygen atoms in total. The number of Topliss-reactive ketones (excluding diaryl/α,β-unsaturated/α-hetero) is 1. The van der Waals surface area contributed by atoms with E-state index in [0.29, 0.717) is 26.9 Å². The highest BCUT2D eigenvalue weighted by molar-refractivity contribution is 6.51. The lowest BCUT2D eigenvalue weighted by molar-refractivity contribution is -0.132. The summed E-state index contributed by atoms with van der Waals surface area (Å²) in [4.78, 5) is 27.2. The zero-order valence-electron chi connectivity index (χ0n) is 15.4.